The van der Waals surface area contributed by atoms with Crippen molar-refractivity contribution in [1.29, 1.82) is 0 Å². The van der Waals surface area contributed by atoms with Gasteiger partial charge < -0.3 is 18.5 Å². The minimum Gasteiger partial charge on any atom is -0.434 e. The van der Waals surface area contributed by atoms with Gasteiger partial charge in [0.2, 0.25) is 0 Å². The van der Waals surface area contributed by atoms with E-state index in [1.165, 1.54) is 218 Å². The van der Waals surface area contributed by atoms with Crippen LogP contribution in [0.15, 0.2) is 0 Å². The van der Waals surface area contributed by atoms with Crippen LogP contribution in [0.1, 0.15) is 271 Å². The molecule has 0 saturated heterocycles. The summed E-state index contributed by atoms with van der Waals surface area (Å²) in [7, 11) is -3.34. The van der Waals surface area contributed by atoms with Crippen LogP contribution >= 0.6 is 8.25 Å². The molecule has 0 fully saturated rings. The van der Waals surface area contributed by atoms with Gasteiger partial charge in [0.05, 0.1) is 13.2 Å². The van der Waals surface area contributed by atoms with E-state index in [2.05, 4.69) is 22.9 Å². The lowest BCUT2D eigenvalue weighted by Crippen LogP contribution is -2.08. The molecule has 0 radical (unpaired) electrons. The molecule has 54 heavy (non-hydrogen) atoms. The van der Waals surface area contributed by atoms with E-state index in [1.807, 2.05) is 0 Å². The van der Waals surface area contributed by atoms with Crippen LogP contribution in [0, 0.1) is 0 Å². The van der Waals surface area contributed by atoms with Crippen molar-refractivity contribution in [3.8, 4) is 0 Å². The van der Waals surface area contributed by atoms with Crippen molar-refractivity contribution in [1.82, 2.24) is 0 Å². The van der Waals surface area contributed by atoms with Crippen LogP contribution in [-0.4, -0.2) is 25.5 Å². The molecule has 0 rings (SSSR count). The van der Waals surface area contributed by atoms with Gasteiger partial charge in [-0.3, -0.25) is 0 Å². The highest BCUT2D eigenvalue weighted by Gasteiger charge is 2.15. The van der Waals surface area contributed by atoms with Crippen molar-refractivity contribution in [3.63, 3.8) is 0 Å². The van der Waals surface area contributed by atoms with Crippen molar-refractivity contribution in [2.45, 2.75) is 271 Å². The number of rotatable bonds is 44. The summed E-state index contributed by atoms with van der Waals surface area (Å²) in [6.07, 6.45) is 50.2. The second kappa shape index (κ2) is 46.2. The summed E-state index contributed by atoms with van der Waals surface area (Å²) in [4.78, 5) is 23.5. The largest absolute Gasteiger partial charge is 0.515 e. The van der Waals surface area contributed by atoms with Crippen LogP contribution < -0.4 is 0 Å². The number of carbonyl (C=O) groups is 2. The lowest BCUT2D eigenvalue weighted by molar-refractivity contribution is 0.0803. The predicted octanol–water partition coefficient (Wildman–Crippen LogP) is 17.3. The fraction of sp³-hybridized carbons (Fsp3) is 0.957. The molecule has 0 aromatic carbocycles. The molecule has 0 amide bonds. The van der Waals surface area contributed by atoms with Crippen LogP contribution in [0.2, 0.25) is 0 Å². The average Bonchev–Trinajstić information content (AvgIpc) is 3.16. The topological polar surface area (TPSA) is 88.1 Å². The van der Waals surface area contributed by atoms with Gasteiger partial charge in [0.1, 0.15) is 0 Å². The third-order valence-corrected chi connectivity index (χ3v) is 11.4. The van der Waals surface area contributed by atoms with Crippen molar-refractivity contribution in [2.75, 3.05) is 13.2 Å². The maximum atomic E-state index is 11.8. The van der Waals surface area contributed by atoms with Gasteiger partial charge in [0, 0.05) is 0 Å². The smallest absolute Gasteiger partial charge is 0.434 e. The minimum absolute atomic E-state index is 0.205. The Morgan fingerprint density at radius 1 is 0.296 bits per heavy atom. The average molecular weight is 787 g/mol. The Bertz CT molecular complexity index is 731. The van der Waals surface area contributed by atoms with E-state index in [1.54, 1.807) is 0 Å². The first-order chi connectivity index (χ1) is 26.6. The molecule has 0 aromatic heterocycles. The fourth-order valence-electron chi connectivity index (χ4n) is 7.24. The molecule has 8 heteroatoms. The molecule has 0 saturated carbocycles. The van der Waals surface area contributed by atoms with Crippen LogP contribution in [-0.2, 0) is 23.1 Å². The number of ether oxygens (including phenoxy) is 2. The van der Waals surface area contributed by atoms with Crippen LogP contribution in [0.25, 0.3) is 0 Å². The number of hydrogen-bond donors (Lipinski definition) is 0. The standard InChI is InChI=1S/C46H91O7P/c1-3-5-7-9-11-13-15-17-19-21-23-25-27-29-31-33-35-37-39-41-43-50-45(47)52-54(49)53-46(48)51-44-42-40-38-36-34-32-30-28-26-24-22-20-18-16-14-12-10-8-6-4-2/h54H,3-44H2,1-2H3. The van der Waals surface area contributed by atoms with Gasteiger partial charge in [-0.05, 0) is 12.8 Å². The molecule has 0 N–H and O–H groups in total. The highest BCUT2D eigenvalue weighted by molar-refractivity contribution is 7.34. The third kappa shape index (κ3) is 45.2. The molecule has 322 valence electrons. The first-order valence-electron chi connectivity index (χ1n) is 23.8. The number of hydrogen-bond acceptors (Lipinski definition) is 7. The molecule has 0 aliphatic heterocycles. The van der Waals surface area contributed by atoms with Crippen molar-refractivity contribution < 1.29 is 32.7 Å². The quantitative estimate of drug-likeness (QED) is 0.0345. The van der Waals surface area contributed by atoms with Gasteiger partial charge >= 0.3 is 20.6 Å². The molecule has 0 atom stereocenters. The summed E-state index contributed by atoms with van der Waals surface area (Å²) in [6, 6.07) is 0. The Hall–Kier alpha value is -1.23. The van der Waals surface area contributed by atoms with Gasteiger partial charge in [0.25, 0.3) is 0 Å². The van der Waals surface area contributed by atoms with E-state index >= 15 is 0 Å². The fourth-order valence-corrected chi connectivity index (χ4v) is 7.67. The Morgan fingerprint density at radius 3 is 0.648 bits per heavy atom. The zero-order valence-corrected chi connectivity index (χ0v) is 37.1. The van der Waals surface area contributed by atoms with Crippen molar-refractivity contribution in [3.05, 3.63) is 0 Å². The zero-order valence-electron chi connectivity index (χ0n) is 36.1. The Morgan fingerprint density at radius 2 is 0.463 bits per heavy atom. The van der Waals surface area contributed by atoms with Gasteiger partial charge in [-0.15, -0.1) is 0 Å². The minimum atomic E-state index is -3.34. The van der Waals surface area contributed by atoms with Crippen molar-refractivity contribution >= 4 is 20.6 Å². The molecule has 0 aromatic rings. The lowest BCUT2D eigenvalue weighted by atomic mass is 10.0. The lowest BCUT2D eigenvalue weighted by Gasteiger charge is -2.07. The molecule has 0 bridgehead atoms. The summed E-state index contributed by atoms with van der Waals surface area (Å²) in [5, 5.41) is 0. The van der Waals surface area contributed by atoms with E-state index in [9.17, 15) is 14.2 Å². The Labute approximate surface area is 336 Å². The zero-order chi connectivity index (χ0) is 39.3. The summed E-state index contributed by atoms with van der Waals surface area (Å²) >= 11 is 0. The second-order valence-corrected chi connectivity index (χ2v) is 17.0. The molecule has 0 spiro atoms. The summed E-state index contributed by atoms with van der Waals surface area (Å²) in [6.45, 7) is 4.97. The van der Waals surface area contributed by atoms with Crippen LogP contribution in [0.3, 0.4) is 0 Å². The molecule has 0 aliphatic carbocycles. The molecule has 0 unspecified atom stereocenters. The SMILES string of the molecule is CCCCCCCCCCCCCCCCCCCCCCOC(=O)O[PH](=O)OC(=O)OCCCCCCCCCCCCCCCCCCCCCC. The van der Waals surface area contributed by atoms with E-state index in [4.69, 9.17) is 9.47 Å². The molecular formula is C46H91O7P. The molecule has 7 nitrogen and oxygen atoms in total. The molecule has 0 aliphatic rings. The molecular weight excluding hydrogens is 695 g/mol. The van der Waals surface area contributed by atoms with Crippen LogP contribution in [0.4, 0.5) is 9.59 Å². The predicted molar refractivity (Wildman–Crippen MR) is 230 cm³/mol. The summed E-state index contributed by atoms with van der Waals surface area (Å²) in [5.74, 6) is 0. The number of unbranched alkanes of at least 4 members (excludes halogenated alkanes) is 38. The van der Waals surface area contributed by atoms with Gasteiger partial charge in [-0.25, -0.2) is 14.2 Å². The highest BCUT2D eigenvalue weighted by atomic mass is 31.1. The van der Waals surface area contributed by atoms with E-state index in [0.29, 0.717) is 0 Å². The van der Waals surface area contributed by atoms with E-state index < -0.39 is 20.6 Å². The van der Waals surface area contributed by atoms with Crippen LogP contribution in [0.5, 0.6) is 0 Å². The first kappa shape index (κ1) is 52.8. The maximum absolute atomic E-state index is 11.8. The van der Waals surface area contributed by atoms with Gasteiger partial charge in [-0.2, -0.15) is 0 Å². The third-order valence-electron chi connectivity index (χ3n) is 10.8. The summed E-state index contributed by atoms with van der Waals surface area (Å²) < 4.78 is 30.9. The first-order valence-corrected chi connectivity index (χ1v) is 25.1. The highest BCUT2D eigenvalue weighted by Crippen LogP contribution is 2.25. The normalized spacial score (nSPS) is 11.3. The summed E-state index contributed by atoms with van der Waals surface area (Å²) in [5.41, 5.74) is 0. The molecule has 0 heterocycles. The maximum Gasteiger partial charge on any atom is 0.515 e. The Kier molecular flexibility index (Phi) is 45.1. The van der Waals surface area contributed by atoms with E-state index in [0.717, 1.165) is 38.5 Å². The number of carbonyl (C=O) groups excluding carboxylic acids is 2. The van der Waals surface area contributed by atoms with Gasteiger partial charge in [0.15, 0.2) is 0 Å². The van der Waals surface area contributed by atoms with Gasteiger partial charge in [-0.1, -0.05) is 258 Å². The second-order valence-electron chi connectivity index (χ2n) is 16.1. The monoisotopic (exact) mass is 787 g/mol. The van der Waals surface area contributed by atoms with Crippen molar-refractivity contribution in [2.24, 2.45) is 0 Å². The Balaban J connectivity index is 3.34. The van der Waals surface area contributed by atoms with E-state index in [-0.39, 0.29) is 13.2 Å².